The molecule has 1 aromatic heterocycles. The molecule has 3 aromatic rings. The predicted molar refractivity (Wildman–Crippen MR) is 134 cm³/mol. The number of hydrogen-bond acceptors (Lipinski definition) is 8. The standard InChI is InChI=1S/C22H18F2N2O5.C2H6.CH4S/c1-3-14(21(27)28-2)15-8-4-5-9-16(15)29-19-12-20(26-13-25-19)30-17-10-6-7-11-18(17)31-22(23)24;2*1-2/h3-13,22H,1-2H3;1-2H3;2H,1H3/b14-3+;;. The van der Waals surface area contributed by atoms with Gasteiger partial charge in [-0.25, -0.2) is 14.8 Å². The first-order chi connectivity index (χ1) is 17.0. The van der Waals surface area contributed by atoms with Crippen molar-refractivity contribution < 1.29 is 32.5 Å². The molecule has 0 unspecified atom stereocenters. The molecule has 0 aliphatic carbocycles. The zero-order valence-corrected chi connectivity index (χ0v) is 21.0. The third kappa shape index (κ3) is 8.90. The van der Waals surface area contributed by atoms with Crippen LogP contribution in [0.2, 0.25) is 0 Å². The predicted octanol–water partition coefficient (Wildman–Crippen LogP) is 6.81. The van der Waals surface area contributed by atoms with Gasteiger partial charge in [-0.2, -0.15) is 21.4 Å². The highest BCUT2D eigenvalue weighted by Gasteiger charge is 2.17. The molecule has 0 aliphatic rings. The van der Waals surface area contributed by atoms with Crippen LogP contribution >= 0.6 is 12.6 Å². The number of ether oxygens (including phenoxy) is 4. The van der Waals surface area contributed by atoms with Gasteiger partial charge in [0, 0.05) is 5.56 Å². The van der Waals surface area contributed by atoms with E-state index in [4.69, 9.17) is 14.2 Å². The van der Waals surface area contributed by atoms with Crippen molar-refractivity contribution in [2.24, 2.45) is 0 Å². The highest BCUT2D eigenvalue weighted by atomic mass is 32.1. The zero-order valence-electron chi connectivity index (χ0n) is 20.1. The summed E-state index contributed by atoms with van der Waals surface area (Å²) in [4.78, 5) is 20.1. The van der Waals surface area contributed by atoms with Crippen molar-refractivity contribution in [3.05, 3.63) is 72.6 Å². The lowest BCUT2D eigenvalue weighted by Crippen LogP contribution is -2.05. The van der Waals surface area contributed by atoms with Crippen molar-refractivity contribution in [2.75, 3.05) is 13.4 Å². The minimum absolute atomic E-state index is 0.0482. The van der Waals surface area contributed by atoms with E-state index in [0.717, 1.165) is 0 Å². The number of halogens is 2. The van der Waals surface area contributed by atoms with Crippen LogP contribution in [0, 0.1) is 0 Å². The van der Waals surface area contributed by atoms with Crippen molar-refractivity contribution in [1.82, 2.24) is 9.97 Å². The van der Waals surface area contributed by atoms with Crippen LogP contribution in [0.5, 0.6) is 29.0 Å². The third-order valence-electron chi connectivity index (χ3n) is 3.98. The van der Waals surface area contributed by atoms with Crippen molar-refractivity contribution in [3.63, 3.8) is 0 Å². The van der Waals surface area contributed by atoms with Gasteiger partial charge in [-0.1, -0.05) is 50.3 Å². The van der Waals surface area contributed by atoms with Crippen LogP contribution in [-0.4, -0.2) is 35.9 Å². The summed E-state index contributed by atoms with van der Waals surface area (Å²) in [7, 11) is 1.29. The van der Waals surface area contributed by atoms with Gasteiger partial charge in [0.1, 0.15) is 12.1 Å². The average Bonchev–Trinajstić information content (AvgIpc) is 2.89. The molecule has 1 heterocycles. The van der Waals surface area contributed by atoms with Crippen LogP contribution in [-0.2, 0) is 9.53 Å². The fourth-order valence-corrected chi connectivity index (χ4v) is 2.66. The summed E-state index contributed by atoms with van der Waals surface area (Å²) in [5.41, 5.74) is 0.829. The second-order valence-electron chi connectivity index (χ2n) is 5.91. The maximum atomic E-state index is 12.6. The lowest BCUT2D eigenvalue weighted by atomic mass is 10.0. The van der Waals surface area contributed by atoms with Crippen molar-refractivity contribution in [3.8, 4) is 29.0 Å². The number of carbonyl (C=O) groups excluding carboxylic acids is 1. The fraction of sp³-hybridized carbons (Fsp3) is 0.240. The fourth-order valence-electron chi connectivity index (χ4n) is 2.66. The van der Waals surface area contributed by atoms with Crippen LogP contribution in [0.15, 0.2) is 67.0 Å². The van der Waals surface area contributed by atoms with Gasteiger partial charge in [-0.3, -0.25) is 0 Å². The van der Waals surface area contributed by atoms with Gasteiger partial charge >= 0.3 is 12.6 Å². The van der Waals surface area contributed by atoms with E-state index >= 15 is 0 Å². The number of hydrogen-bond donors (Lipinski definition) is 1. The molecule has 7 nitrogen and oxygen atoms in total. The molecule has 2 aromatic carbocycles. The molecule has 0 aliphatic heterocycles. The number of thiol groups is 1. The summed E-state index contributed by atoms with van der Waals surface area (Å²) in [6, 6.07) is 14.2. The van der Waals surface area contributed by atoms with Crippen molar-refractivity contribution in [1.29, 1.82) is 0 Å². The molecule has 0 saturated carbocycles. The van der Waals surface area contributed by atoms with Crippen molar-refractivity contribution in [2.45, 2.75) is 27.4 Å². The smallest absolute Gasteiger partial charge is 0.387 e. The number of nitrogens with zero attached hydrogens (tertiary/aromatic N) is 2. The number of para-hydroxylation sites is 3. The van der Waals surface area contributed by atoms with Gasteiger partial charge in [0.2, 0.25) is 11.8 Å². The van der Waals surface area contributed by atoms with E-state index in [1.165, 1.54) is 37.7 Å². The minimum atomic E-state index is -3.00. The van der Waals surface area contributed by atoms with Crippen LogP contribution in [0.1, 0.15) is 26.3 Å². The Hall–Kier alpha value is -3.66. The Morgan fingerprint density at radius 1 is 0.914 bits per heavy atom. The van der Waals surface area contributed by atoms with Gasteiger partial charge < -0.3 is 18.9 Å². The Balaban J connectivity index is 0.00000145. The number of esters is 1. The number of aromatic nitrogens is 2. The van der Waals surface area contributed by atoms with Gasteiger partial charge in [0.25, 0.3) is 0 Å². The Bertz CT molecular complexity index is 1100. The molecule has 3 rings (SSSR count). The summed E-state index contributed by atoms with van der Waals surface area (Å²) in [6.07, 6.45) is 4.50. The first-order valence-electron chi connectivity index (χ1n) is 10.5. The van der Waals surface area contributed by atoms with E-state index < -0.39 is 12.6 Å². The summed E-state index contributed by atoms with van der Waals surface area (Å²) in [5, 5.41) is 0. The number of allylic oxidation sites excluding steroid dienone is 1. The quantitative estimate of drug-likeness (QED) is 0.204. The first-order valence-corrected chi connectivity index (χ1v) is 11.4. The summed E-state index contributed by atoms with van der Waals surface area (Å²) in [6.45, 7) is 2.71. The average molecular weight is 507 g/mol. The number of methoxy groups -OCH3 is 1. The summed E-state index contributed by atoms with van der Waals surface area (Å²) in [5.74, 6) is -0.0838. The van der Waals surface area contributed by atoms with Crippen LogP contribution in [0.3, 0.4) is 0 Å². The molecule has 10 heteroatoms. The molecule has 0 N–H and O–H groups in total. The van der Waals surface area contributed by atoms with E-state index in [-0.39, 0.29) is 23.3 Å². The molecular weight excluding hydrogens is 478 g/mol. The molecule has 0 radical (unpaired) electrons. The molecule has 188 valence electrons. The lowest BCUT2D eigenvalue weighted by Gasteiger charge is -2.13. The molecule has 0 spiro atoms. The molecule has 0 saturated heterocycles. The Labute approximate surface area is 209 Å². The second-order valence-corrected chi connectivity index (χ2v) is 5.91. The summed E-state index contributed by atoms with van der Waals surface area (Å²) < 4.78 is 45.9. The van der Waals surface area contributed by atoms with Crippen LogP contribution in [0.4, 0.5) is 8.78 Å². The largest absolute Gasteiger partial charge is 0.465 e. The Morgan fingerprint density at radius 3 is 1.97 bits per heavy atom. The Morgan fingerprint density at radius 2 is 1.43 bits per heavy atom. The van der Waals surface area contributed by atoms with Crippen molar-refractivity contribution >= 4 is 24.2 Å². The maximum absolute atomic E-state index is 12.6. The van der Waals surface area contributed by atoms with E-state index in [1.807, 2.05) is 13.8 Å². The van der Waals surface area contributed by atoms with E-state index in [1.54, 1.807) is 49.6 Å². The highest BCUT2D eigenvalue weighted by molar-refractivity contribution is 7.79. The lowest BCUT2D eigenvalue weighted by molar-refractivity contribution is -0.133. The van der Waals surface area contributed by atoms with Crippen LogP contribution < -0.4 is 14.2 Å². The Kier molecular flexibility index (Phi) is 13.5. The monoisotopic (exact) mass is 506 g/mol. The van der Waals surface area contributed by atoms with Gasteiger partial charge in [0.15, 0.2) is 11.5 Å². The zero-order chi connectivity index (χ0) is 26.2. The third-order valence-corrected chi connectivity index (χ3v) is 3.98. The van der Waals surface area contributed by atoms with Gasteiger partial charge in [-0.15, -0.1) is 0 Å². The molecule has 0 fully saturated rings. The van der Waals surface area contributed by atoms with E-state index in [2.05, 4.69) is 27.3 Å². The van der Waals surface area contributed by atoms with Crippen LogP contribution in [0.25, 0.3) is 5.57 Å². The molecular formula is C25H28F2N2O5S. The molecule has 0 atom stereocenters. The SMILES string of the molecule is C/C=C(/C(=O)OC)c1ccccc1Oc1cc(Oc2ccccc2OC(F)F)ncn1.CC.CS. The number of rotatable bonds is 8. The van der Waals surface area contributed by atoms with E-state index in [0.29, 0.717) is 16.9 Å². The maximum Gasteiger partial charge on any atom is 0.387 e. The normalized spacial score (nSPS) is 10.3. The number of alkyl halides is 2. The number of carbonyl (C=O) groups is 1. The number of benzene rings is 2. The molecule has 35 heavy (non-hydrogen) atoms. The topological polar surface area (TPSA) is 79.8 Å². The highest BCUT2D eigenvalue weighted by Crippen LogP contribution is 2.34. The second kappa shape index (κ2) is 16.0. The minimum Gasteiger partial charge on any atom is -0.465 e. The van der Waals surface area contributed by atoms with E-state index in [9.17, 15) is 13.6 Å². The van der Waals surface area contributed by atoms with Gasteiger partial charge in [0.05, 0.1) is 18.7 Å². The first kappa shape index (κ1) is 29.4. The van der Waals surface area contributed by atoms with Gasteiger partial charge in [-0.05, 0) is 31.4 Å². The molecule has 0 amide bonds. The molecule has 0 bridgehead atoms. The summed E-state index contributed by atoms with van der Waals surface area (Å²) >= 11 is 3.53.